The molecule has 0 saturated carbocycles. The molecule has 5 heteroatoms. The molecule has 0 unspecified atom stereocenters. The molecule has 0 aliphatic heterocycles. The van der Waals surface area contributed by atoms with Crippen molar-refractivity contribution in [3.63, 3.8) is 0 Å². The number of hydrogen-bond donors (Lipinski definition) is 0. The van der Waals surface area contributed by atoms with Crippen molar-refractivity contribution in [1.29, 1.82) is 0 Å². The predicted molar refractivity (Wildman–Crippen MR) is 54.2 cm³/mol. The fraction of sp³-hybridized carbons (Fsp3) is 0.500. The molecule has 0 N–H and O–H groups in total. The summed E-state index contributed by atoms with van der Waals surface area (Å²) in [7, 11) is 0. The van der Waals surface area contributed by atoms with E-state index in [0.29, 0.717) is 29.7 Å². The van der Waals surface area contributed by atoms with Gasteiger partial charge in [-0.15, -0.1) is 0 Å². The molecule has 0 aromatic carbocycles. The molecule has 0 saturated heterocycles. The van der Waals surface area contributed by atoms with Gasteiger partial charge in [0.15, 0.2) is 11.5 Å². The summed E-state index contributed by atoms with van der Waals surface area (Å²) in [6.45, 7) is 5.51. The Morgan fingerprint density at radius 3 is 2.47 bits per heavy atom. The third kappa shape index (κ3) is 2.49. The van der Waals surface area contributed by atoms with Gasteiger partial charge in [-0.25, -0.2) is 0 Å². The number of carboxylic acids is 1. The van der Waals surface area contributed by atoms with Crippen LogP contribution in [-0.2, 0) is 6.42 Å². The van der Waals surface area contributed by atoms with Gasteiger partial charge in [-0.2, -0.15) is 0 Å². The van der Waals surface area contributed by atoms with Gasteiger partial charge in [0.05, 0.1) is 5.56 Å². The Bertz CT molecular complexity index is 485. The Labute approximate surface area is 122 Å². The Hall–Kier alpha value is -0.580. The zero-order valence-electron chi connectivity index (χ0n) is 10.5. The van der Waals surface area contributed by atoms with Crippen LogP contribution >= 0.6 is 0 Å². The second-order valence-corrected chi connectivity index (χ2v) is 5.08. The van der Waals surface area contributed by atoms with Crippen LogP contribution in [0, 0.1) is 12.3 Å². The van der Waals surface area contributed by atoms with Crippen molar-refractivity contribution in [3.05, 3.63) is 22.6 Å². The van der Waals surface area contributed by atoms with E-state index >= 15 is 0 Å². The van der Waals surface area contributed by atoms with Gasteiger partial charge in [-0.1, -0.05) is 13.8 Å². The first-order valence-corrected chi connectivity index (χ1v) is 5.18. The zero-order chi connectivity index (χ0) is 12.1. The molecule has 1 aromatic heterocycles. The van der Waals surface area contributed by atoms with E-state index in [4.69, 9.17) is 4.42 Å². The van der Waals surface area contributed by atoms with Crippen LogP contribution in [0.1, 0.15) is 52.5 Å². The van der Waals surface area contributed by atoms with Crippen molar-refractivity contribution < 1.29 is 48.7 Å². The van der Waals surface area contributed by atoms with Crippen LogP contribution in [0.3, 0.4) is 0 Å². The Morgan fingerprint density at radius 2 is 1.94 bits per heavy atom. The Balaban J connectivity index is 0.00000144. The van der Waals surface area contributed by atoms with Gasteiger partial charge >= 0.3 is 29.6 Å². The topological polar surface area (TPSA) is 70.3 Å². The molecule has 1 aliphatic rings. The average Bonchev–Trinajstić information content (AvgIpc) is 2.40. The van der Waals surface area contributed by atoms with Crippen molar-refractivity contribution in [2.75, 3.05) is 0 Å². The van der Waals surface area contributed by atoms with Crippen LogP contribution in [0.15, 0.2) is 4.42 Å². The third-order valence-electron chi connectivity index (χ3n) is 2.96. The Morgan fingerprint density at radius 1 is 1.35 bits per heavy atom. The van der Waals surface area contributed by atoms with Crippen molar-refractivity contribution >= 4 is 11.8 Å². The number of carbonyl (C=O) groups excluding carboxylic acids is 2. The first kappa shape index (κ1) is 14.5. The van der Waals surface area contributed by atoms with E-state index in [1.807, 2.05) is 13.8 Å². The maximum atomic E-state index is 11.9. The Kier molecular flexibility index (Phi) is 3.91. The van der Waals surface area contributed by atoms with Crippen LogP contribution in [0.25, 0.3) is 0 Å². The number of ketones is 1. The van der Waals surface area contributed by atoms with E-state index in [-0.39, 0.29) is 46.5 Å². The van der Waals surface area contributed by atoms with E-state index < -0.39 is 5.97 Å². The SMILES string of the molecule is Cc1c(C(=O)[O-])oc2c1C(=O)CC(C)(C)C2.[Na+]. The van der Waals surface area contributed by atoms with E-state index in [0.717, 1.165) is 0 Å². The molecule has 17 heavy (non-hydrogen) atoms. The average molecular weight is 244 g/mol. The molecule has 2 rings (SSSR count). The summed E-state index contributed by atoms with van der Waals surface area (Å²) in [5.74, 6) is -1.13. The summed E-state index contributed by atoms with van der Waals surface area (Å²) >= 11 is 0. The van der Waals surface area contributed by atoms with Gasteiger partial charge in [0.25, 0.3) is 0 Å². The van der Waals surface area contributed by atoms with Crippen LogP contribution in [0.4, 0.5) is 0 Å². The number of Topliss-reactive ketones (excluding diaryl/α,β-unsaturated/α-hetero) is 1. The third-order valence-corrected chi connectivity index (χ3v) is 2.96. The van der Waals surface area contributed by atoms with Gasteiger partial charge in [-0.05, 0) is 12.3 Å². The summed E-state index contributed by atoms with van der Waals surface area (Å²) in [5.41, 5.74) is 0.673. The van der Waals surface area contributed by atoms with Crippen molar-refractivity contribution in [1.82, 2.24) is 0 Å². The molecule has 1 aliphatic carbocycles. The molecular weight excluding hydrogens is 231 g/mol. The van der Waals surface area contributed by atoms with Gasteiger partial charge < -0.3 is 14.3 Å². The minimum atomic E-state index is -1.36. The van der Waals surface area contributed by atoms with Gasteiger partial charge in [-0.3, -0.25) is 4.79 Å². The smallest absolute Gasteiger partial charge is 0.542 e. The fourth-order valence-corrected chi connectivity index (χ4v) is 2.28. The van der Waals surface area contributed by atoms with Crippen LogP contribution in [0.2, 0.25) is 0 Å². The number of aromatic carboxylic acids is 1. The molecule has 0 fully saturated rings. The summed E-state index contributed by atoms with van der Waals surface area (Å²) in [6, 6.07) is 0. The van der Waals surface area contributed by atoms with E-state index in [1.165, 1.54) is 0 Å². The zero-order valence-corrected chi connectivity index (χ0v) is 12.5. The second-order valence-electron chi connectivity index (χ2n) is 5.08. The van der Waals surface area contributed by atoms with Crippen LogP contribution in [0.5, 0.6) is 0 Å². The number of carbonyl (C=O) groups is 2. The molecule has 4 nitrogen and oxygen atoms in total. The van der Waals surface area contributed by atoms with Gasteiger partial charge in [0, 0.05) is 18.4 Å². The molecule has 1 heterocycles. The fourth-order valence-electron chi connectivity index (χ4n) is 2.28. The molecule has 0 amide bonds. The van der Waals surface area contributed by atoms with Gasteiger partial charge in [0.2, 0.25) is 0 Å². The molecular formula is C12H13NaO4. The van der Waals surface area contributed by atoms with Gasteiger partial charge in [0.1, 0.15) is 11.7 Å². The molecule has 1 aromatic rings. The largest absolute Gasteiger partial charge is 1.00 e. The predicted octanol–water partition coefficient (Wildman–Crippen LogP) is -1.89. The standard InChI is InChI=1S/C12H14O4.Na/c1-6-9-7(13)4-12(2,3)5-8(9)16-10(6)11(14)15;/h4-5H2,1-3H3,(H,14,15);/q;+1/p-1. The number of fused-ring (bicyclic) bond motifs is 1. The minimum Gasteiger partial charge on any atom is -0.542 e. The normalized spacial score (nSPS) is 17.2. The summed E-state index contributed by atoms with van der Waals surface area (Å²) in [4.78, 5) is 22.7. The van der Waals surface area contributed by atoms with Crippen molar-refractivity contribution in [2.24, 2.45) is 5.41 Å². The number of carboxylic acid groups (broad SMARTS) is 1. The maximum Gasteiger partial charge on any atom is 1.00 e. The van der Waals surface area contributed by atoms with E-state index in [2.05, 4.69) is 0 Å². The quantitative estimate of drug-likeness (QED) is 0.542. The van der Waals surface area contributed by atoms with Crippen molar-refractivity contribution in [3.8, 4) is 0 Å². The summed E-state index contributed by atoms with van der Waals surface area (Å²) < 4.78 is 5.22. The molecule has 0 spiro atoms. The van der Waals surface area contributed by atoms with Crippen LogP contribution < -0.4 is 34.7 Å². The molecule has 86 valence electrons. The number of hydrogen-bond acceptors (Lipinski definition) is 4. The minimum absolute atomic E-state index is 0. The van der Waals surface area contributed by atoms with E-state index in [9.17, 15) is 14.7 Å². The molecule has 0 atom stereocenters. The first-order chi connectivity index (χ1) is 7.32. The molecule has 0 bridgehead atoms. The van der Waals surface area contributed by atoms with E-state index in [1.54, 1.807) is 6.92 Å². The maximum absolute atomic E-state index is 11.9. The molecule has 0 radical (unpaired) electrons. The van der Waals surface area contributed by atoms with Crippen LogP contribution in [-0.4, -0.2) is 11.8 Å². The summed E-state index contributed by atoms with van der Waals surface area (Å²) in [6.07, 6.45) is 1.01. The monoisotopic (exact) mass is 244 g/mol. The summed E-state index contributed by atoms with van der Waals surface area (Å²) in [5, 5.41) is 10.8. The number of furan rings is 1. The van der Waals surface area contributed by atoms with Crippen molar-refractivity contribution in [2.45, 2.75) is 33.6 Å². The first-order valence-electron chi connectivity index (χ1n) is 5.18. The second kappa shape index (κ2) is 4.59. The number of rotatable bonds is 1.